The maximum Gasteiger partial charge on any atom is 1.00 e. The number of carbonyl (C=O) groups is 1. The number of hydrogen-bond acceptors (Lipinski definition) is 4. The third-order valence-corrected chi connectivity index (χ3v) is 5.66. The largest absolute Gasteiger partial charge is 1.00 e. The van der Waals surface area contributed by atoms with Gasteiger partial charge in [0.25, 0.3) is 0 Å². The van der Waals surface area contributed by atoms with Gasteiger partial charge in [0, 0.05) is 0 Å². The molecule has 0 aromatic heterocycles. The quantitative estimate of drug-likeness (QED) is 0.426. The molecule has 0 radical (unpaired) electrons. The molecule has 3 rings (SSSR count). The van der Waals surface area contributed by atoms with Crippen molar-refractivity contribution in [3.63, 3.8) is 0 Å². The zero-order valence-electron chi connectivity index (χ0n) is 18.2. The van der Waals surface area contributed by atoms with Gasteiger partial charge in [-0.2, -0.15) is 0 Å². The fourth-order valence-corrected chi connectivity index (χ4v) is 3.92. The SMILES string of the molecule is COc1cccc(OC)c1C(=O)Pc1ccc(OCc2ccccc2)cc1C.[H-].[Li+]. The van der Waals surface area contributed by atoms with Crippen LogP contribution in [0.25, 0.3) is 0 Å². The van der Waals surface area contributed by atoms with Crippen LogP contribution in [0.2, 0.25) is 0 Å². The number of ether oxygens (including phenoxy) is 3. The second-order valence-electron chi connectivity index (χ2n) is 6.24. The van der Waals surface area contributed by atoms with E-state index in [-0.39, 0.29) is 34.4 Å². The Hall–Kier alpha value is -2.24. The van der Waals surface area contributed by atoms with Gasteiger partial charge in [0.1, 0.15) is 29.4 Å². The van der Waals surface area contributed by atoms with Crippen molar-refractivity contribution in [3.8, 4) is 17.2 Å². The third-order valence-electron chi connectivity index (χ3n) is 4.35. The van der Waals surface area contributed by atoms with Crippen LogP contribution in [-0.4, -0.2) is 19.7 Å². The summed E-state index contributed by atoms with van der Waals surface area (Å²) in [6, 6.07) is 21.2. The van der Waals surface area contributed by atoms with Gasteiger partial charge in [-0.1, -0.05) is 42.5 Å². The predicted octanol–water partition coefficient (Wildman–Crippen LogP) is 1.85. The molecular weight excluding hydrogens is 378 g/mol. The minimum atomic E-state index is -0.0298. The van der Waals surface area contributed by atoms with Crippen molar-refractivity contribution in [3.05, 3.63) is 83.4 Å². The molecular formula is C23H24LiO4P. The van der Waals surface area contributed by atoms with Gasteiger partial charge in [0.05, 0.1) is 14.2 Å². The van der Waals surface area contributed by atoms with E-state index < -0.39 is 0 Å². The van der Waals surface area contributed by atoms with Crippen LogP contribution in [0, 0.1) is 6.92 Å². The number of rotatable bonds is 8. The molecule has 0 heterocycles. The predicted molar refractivity (Wildman–Crippen MR) is 115 cm³/mol. The van der Waals surface area contributed by atoms with Crippen LogP contribution in [0.3, 0.4) is 0 Å². The molecule has 6 heteroatoms. The minimum Gasteiger partial charge on any atom is -1.00 e. The van der Waals surface area contributed by atoms with E-state index in [1.165, 1.54) is 0 Å². The summed E-state index contributed by atoms with van der Waals surface area (Å²) >= 11 is 0. The minimum absolute atomic E-state index is 0. The summed E-state index contributed by atoms with van der Waals surface area (Å²) in [5.41, 5.74) is 2.60. The average Bonchev–Trinajstić information content (AvgIpc) is 2.74. The van der Waals surface area contributed by atoms with E-state index in [4.69, 9.17) is 14.2 Å². The number of hydrogen-bond donors (Lipinski definition) is 0. The zero-order chi connectivity index (χ0) is 19.9. The van der Waals surface area contributed by atoms with Gasteiger partial charge >= 0.3 is 18.9 Å². The van der Waals surface area contributed by atoms with Crippen LogP contribution in [0.1, 0.15) is 22.9 Å². The maximum absolute atomic E-state index is 12.9. The molecule has 1 unspecified atom stereocenters. The molecule has 1 atom stereocenters. The van der Waals surface area contributed by atoms with Gasteiger partial charge in [-0.05, 0) is 56.2 Å². The first-order valence-electron chi connectivity index (χ1n) is 8.92. The number of methoxy groups -OCH3 is 2. The molecule has 3 aromatic carbocycles. The van der Waals surface area contributed by atoms with Crippen molar-refractivity contribution in [1.29, 1.82) is 0 Å². The van der Waals surface area contributed by atoms with Crippen molar-refractivity contribution in [2.75, 3.05) is 14.2 Å². The molecule has 29 heavy (non-hydrogen) atoms. The Bertz CT molecular complexity index is 944. The summed E-state index contributed by atoms with van der Waals surface area (Å²) in [6.45, 7) is 2.50. The normalized spacial score (nSPS) is 10.4. The van der Waals surface area contributed by atoms with Gasteiger partial charge in [-0.15, -0.1) is 0 Å². The zero-order valence-corrected chi connectivity index (χ0v) is 18.2. The summed E-state index contributed by atoms with van der Waals surface area (Å²) in [6.07, 6.45) is 0. The van der Waals surface area contributed by atoms with E-state index in [9.17, 15) is 4.79 Å². The summed E-state index contributed by atoms with van der Waals surface area (Å²) in [5.74, 6) is 1.84. The summed E-state index contributed by atoms with van der Waals surface area (Å²) in [5, 5.41) is 0.977. The van der Waals surface area contributed by atoms with Crippen LogP contribution in [0.15, 0.2) is 66.7 Å². The van der Waals surface area contributed by atoms with Crippen LogP contribution in [0.4, 0.5) is 0 Å². The molecule has 0 saturated heterocycles. The smallest absolute Gasteiger partial charge is 1.00 e. The second-order valence-corrected chi connectivity index (χ2v) is 7.49. The van der Waals surface area contributed by atoms with Crippen molar-refractivity contribution in [1.82, 2.24) is 0 Å². The Morgan fingerprint density at radius 3 is 2.17 bits per heavy atom. The third kappa shape index (κ3) is 5.87. The van der Waals surface area contributed by atoms with Crippen LogP contribution in [0.5, 0.6) is 17.2 Å². The molecule has 0 spiro atoms. The topological polar surface area (TPSA) is 44.8 Å². The number of carbonyl (C=O) groups excluding carboxylic acids is 1. The van der Waals surface area contributed by atoms with Crippen LogP contribution in [-0.2, 0) is 6.61 Å². The van der Waals surface area contributed by atoms with E-state index in [1.54, 1.807) is 26.4 Å². The van der Waals surface area contributed by atoms with E-state index in [1.807, 2.05) is 61.5 Å². The first-order chi connectivity index (χ1) is 13.6. The monoisotopic (exact) mass is 402 g/mol. The van der Waals surface area contributed by atoms with Gasteiger partial charge in [0.15, 0.2) is 5.52 Å². The molecule has 3 aromatic rings. The van der Waals surface area contributed by atoms with Gasteiger partial charge in [0.2, 0.25) is 0 Å². The number of benzene rings is 3. The van der Waals surface area contributed by atoms with E-state index in [0.717, 1.165) is 22.2 Å². The molecule has 0 saturated carbocycles. The van der Waals surface area contributed by atoms with Crippen molar-refractivity contribution >= 4 is 19.4 Å². The molecule has 0 aliphatic heterocycles. The molecule has 4 nitrogen and oxygen atoms in total. The Kier molecular flexibility index (Phi) is 8.80. The molecule has 146 valence electrons. The molecule has 0 bridgehead atoms. The maximum atomic E-state index is 12.9. The summed E-state index contributed by atoms with van der Waals surface area (Å²) in [4.78, 5) is 12.9. The first-order valence-corrected chi connectivity index (χ1v) is 9.92. The van der Waals surface area contributed by atoms with Gasteiger partial charge in [-0.25, -0.2) is 0 Å². The van der Waals surface area contributed by atoms with Crippen LogP contribution < -0.4 is 38.4 Å². The number of aryl methyl sites for hydroxylation is 1. The molecule has 0 fully saturated rings. The van der Waals surface area contributed by atoms with Crippen molar-refractivity contribution in [2.45, 2.75) is 13.5 Å². The molecule has 0 aliphatic rings. The van der Waals surface area contributed by atoms with E-state index in [0.29, 0.717) is 23.7 Å². The fraction of sp³-hybridized carbons (Fsp3) is 0.174. The Morgan fingerprint density at radius 1 is 0.931 bits per heavy atom. The van der Waals surface area contributed by atoms with Crippen molar-refractivity contribution in [2.24, 2.45) is 0 Å². The van der Waals surface area contributed by atoms with Crippen molar-refractivity contribution < 1.29 is 39.3 Å². The van der Waals surface area contributed by atoms with Gasteiger partial charge in [-0.3, -0.25) is 4.79 Å². The summed E-state index contributed by atoms with van der Waals surface area (Å²) in [7, 11) is 3.08. The van der Waals surface area contributed by atoms with E-state index >= 15 is 0 Å². The fourth-order valence-electron chi connectivity index (χ4n) is 2.87. The van der Waals surface area contributed by atoms with Gasteiger partial charge < -0.3 is 15.6 Å². The Labute approximate surface area is 187 Å². The Morgan fingerprint density at radius 2 is 1.59 bits per heavy atom. The molecule has 0 amide bonds. The second kappa shape index (κ2) is 11.1. The average molecular weight is 402 g/mol. The Balaban J connectivity index is 0.00000225. The van der Waals surface area contributed by atoms with E-state index in [2.05, 4.69) is 0 Å². The molecule has 0 N–H and O–H groups in total. The van der Waals surface area contributed by atoms with Crippen LogP contribution >= 0.6 is 8.58 Å². The summed E-state index contributed by atoms with van der Waals surface area (Å²) < 4.78 is 16.6. The molecule has 0 aliphatic carbocycles. The first kappa shape index (κ1) is 23.0. The standard InChI is InChI=1S/C23H23O4P.Li.H/c1-16-14-18(27-15-17-8-5-4-6-9-17)12-13-21(16)28-23(24)22-19(25-2)10-7-11-20(22)26-3;;/h4-14,28H,15H2,1-3H3;;/q;+1;-1.